The van der Waals surface area contributed by atoms with E-state index in [1.807, 2.05) is 6.92 Å². The second-order valence-electron chi connectivity index (χ2n) is 9.63. The van der Waals surface area contributed by atoms with Crippen LogP contribution in [0.1, 0.15) is 36.2 Å². The normalized spacial score (nSPS) is 13.5. The molecule has 2 N–H and O–H groups in total. The molecule has 1 heterocycles. The van der Waals surface area contributed by atoms with Gasteiger partial charge in [-0.1, -0.05) is 42.3 Å². The molecule has 4 rings (SSSR count). The van der Waals surface area contributed by atoms with Gasteiger partial charge in [-0.25, -0.2) is 4.79 Å². The number of halogens is 2. The molecule has 0 spiro atoms. The van der Waals surface area contributed by atoms with Gasteiger partial charge in [-0.3, -0.25) is 24.1 Å². The Balaban J connectivity index is 1.39. The molecular formula is C32H29Cl2N3O8S. The zero-order valence-corrected chi connectivity index (χ0v) is 27.1. The lowest BCUT2D eigenvalue weighted by Gasteiger charge is -2.14. The van der Waals surface area contributed by atoms with E-state index < -0.39 is 35.5 Å². The smallest absolute Gasteiger partial charge is 0.339 e. The van der Waals surface area contributed by atoms with Crippen molar-refractivity contribution in [3.8, 4) is 11.5 Å². The summed E-state index contributed by atoms with van der Waals surface area (Å²) >= 11 is 12.7. The van der Waals surface area contributed by atoms with Crippen molar-refractivity contribution in [1.82, 2.24) is 4.90 Å². The Kier molecular flexibility index (Phi) is 12.1. The lowest BCUT2D eigenvalue weighted by Crippen LogP contribution is -2.36. The van der Waals surface area contributed by atoms with Crippen LogP contribution in [0.2, 0.25) is 10.0 Å². The van der Waals surface area contributed by atoms with Crippen molar-refractivity contribution in [2.75, 3.05) is 37.0 Å². The van der Waals surface area contributed by atoms with Crippen molar-refractivity contribution < 1.29 is 38.2 Å². The van der Waals surface area contributed by atoms with Crippen LogP contribution in [0, 0.1) is 0 Å². The van der Waals surface area contributed by atoms with Crippen LogP contribution in [-0.4, -0.2) is 60.2 Å². The second kappa shape index (κ2) is 16.2. The van der Waals surface area contributed by atoms with Crippen LogP contribution in [0.4, 0.5) is 16.2 Å². The molecule has 1 fully saturated rings. The number of hydrogen-bond donors (Lipinski definition) is 2. The van der Waals surface area contributed by atoms with E-state index in [4.69, 9.17) is 37.4 Å². The van der Waals surface area contributed by atoms with Crippen LogP contribution in [-0.2, 0) is 19.1 Å². The van der Waals surface area contributed by atoms with Crippen LogP contribution < -0.4 is 20.1 Å². The van der Waals surface area contributed by atoms with Crippen LogP contribution in [0.25, 0.3) is 6.08 Å². The topological polar surface area (TPSA) is 140 Å². The van der Waals surface area contributed by atoms with Crippen LogP contribution in [0.3, 0.4) is 0 Å². The number of carbonyl (C=O) groups is 5. The quantitative estimate of drug-likeness (QED) is 0.149. The maximum atomic E-state index is 13.1. The molecule has 0 aliphatic carbocycles. The molecule has 46 heavy (non-hydrogen) atoms. The number of nitrogens with zero attached hydrogens (tertiary/aromatic N) is 1. The zero-order valence-electron chi connectivity index (χ0n) is 24.8. The standard InChI is InChI=1S/C32H29Cl2N3O8S/c1-3-12-44-31(41)23-16-22(9-10-24(23)34)35-28(38)17-37-30(40)27(46-32(37)42)14-19-8-11-25(26(13-19)43-4-2)45-18-29(39)36-21-7-5-6-20(33)15-21/h5-11,13-16H,3-4,12,17-18H2,1-2H3,(H,35,38)(H,36,39)/b27-14+. The molecule has 0 atom stereocenters. The van der Waals surface area contributed by atoms with E-state index in [0.717, 1.165) is 4.90 Å². The third-order valence-electron chi connectivity index (χ3n) is 6.12. The number of rotatable bonds is 13. The number of ether oxygens (including phenoxy) is 3. The highest BCUT2D eigenvalue weighted by Crippen LogP contribution is 2.35. The summed E-state index contributed by atoms with van der Waals surface area (Å²) in [5.41, 5.74) is 1.37. The Morgan fingerprint density at radius 1 is 0.891 bits per heavy atom. The average Bonchev–Trinajstić information content (AvgIpc) is 3.27. The molecule has 0 unspecified atom stereocenters. The summed E-state index contributed by atoms with van der Waals surface area (Å²) in [5, 5.41) is 5.27. The number of benzene rings is 3. The average molecular weight is 687 g/mol. The van der Waals surface area contributed by atoms with E-state index in [1.54, 1.807) is 49.4 Å². The Bertz CT molecular complexity index is 1700. The molecule has 3 aromatic carbocycles. The minimum atomic E-state index is -0.654. The predicted octanol–water partition coefficient (Wildman–Crippen LogP) is 6.65. The zero-order chi connectivity index (χ0) is 33.2. The summed E-state index contributed by atoms with van der Waals surface area (Å²) in [4.78, 5) is 64.0. The number of hydrogen-bond acceptors (Lipinski definition) is 9. The molecule has 1 saturated heterocycles. The van der Waals surface area contributed by atoms with E-state index in [-0.39, 0.29) is 34.4 Å². The van der Waals surface area contributed by atoms with E-state index in [2.05, 4.69) is 10.6 Å². The number of anilines is 2. The Morgan fingerprint density at radius 3 is 2.39 bits per heavy atom. The highest BCUT2D eigenvalue weighted by Gasteiger charge is 2.36. The van der Waals surface area contributed by atoms with Gasteiger partial charge in [0.1, 0.15) is 6.54 Å². The fraction of sp³-hybridized carbons (Fsp3) is 0.219. The van der Waals surface area contributed by atoms with Crippen LogP contribution >= 0.6 is 35.0 Å². The summed E-state index contributed by atoms with van der Waals surface area (Å²) in [6, 6.07) is 15.8. The van der Waals surface area contributed by atoms with E-state index in [9.17, 15) is 24.0 Å². The largest absolute Gasteiger partial charge is 0.490 e. The monoisotopic (exact) mass is 685 g/mol. The van der Waals surface area contributed by atoms with Crippen molar-refractivity contribution in [2.45, 2.75) is 20.3 Å². The summed E-state index contributed by atoms with van der Waals surface area (Å²) in [5.74, 6) is -1.72. The summed E-state index contributed by atoms with van der Waals surface area (Å²) in [7, 11) is 0. The predicted molar refractivity (Wildman–Crippen MR) is 177 cm³/mol. The minimum absolute atomic E-state index is 0.0747. The maximum absolute atomic E-state index is 13.1. The number of nitrogens with one attached hydrogen (secondary N) is 2. The lowest BCUT2D eigenvalue weighted by atomic mass is 10.2. The van der Waals surface area contributed by atoms with Crippen molar-refractivity contribution in [3.05, 3.63) is 86.7 Å². The van der Waals surface area contributed by atoms with Crippen molar-refractivity contribution >= 4 is 81.3 Å². The Morgan fingerprint density at radius 2 is 1.65 bits per heavy atom. The molecule has 0 bridgehead atoms. The van der Waals surface area contributed by atoms with E-state index >= 15 is 0 Å². The number of thioether (sulfide) groups is 1. The third kappa shape index (κ3) is 9.25. The van der Waals surface area contributed by atoms with Crippen LogP contribution in [0.15, 0.2) is 65.6 Å². The Labute approximate surface area is 279 Å². The fourth-order valence-corrected chi connectivity index (χ4v) is 5.30. The van der Waals surface area contributed by atoms with Crippen molar-refractivity contribution in [3.63, 3.8) is 0 Å². The van der Waals surface area contributed by atoms with Gasteiger partial charge in [-0.05, 0) is 85.3 Å². The molecule has 1 aliphatic rings. The third-order valence-corrected chi connectivity index (χ3v) is 7.59. The highest BCUT2D eigenvalue weighted by molar-refractivity contribution is 8.18. The summed E-state index contributed by atoms with van der Waals surface area (Å²) in [6.45, 7) is 3.30. The molecule has 0 saturated carbocycles. The van der Waals surface area contributed by atoms with Crippen molar-refractivity contribution in [1.29, 1.82) is 0 Å². The minimum Gasteiger partial charge on any atom is -0.490 e. The van der Waals surface area contributed by atoms with Gasteiger partial charge in [-0.15, -0.1) is 0 Å². The fourth-order valence-electron chi connectivity index (χ4n) is 4.07. The molecule has 240 valence electrons. The molecule has 4 amide bonds. The first-order valence-electron chi connectivity index (χ1n) is 14.0. The van der Waals surface area contributed by atoms with Gasteiger partial charge in [0.05, 0.1) is 28.7 Å². The molecule has 11 nitrogen and oxygen atoms in total. The highest BCUT2D eigenvalue weighted by atomic mass is 35.5. The van der Waals surface area contributed by atoms with E-state index in [0.29, 0.717) is 52.6 Å². The van der Waals surface area contributed by atoms with Gasteiger partial charge < -0.3 is 24.8 Å². The van der Waals surface area contributed by atoms with Gasteiger partial charge in [0.2, 0.25) is 5.91 Å². The van der Waals surface area contributed by atoms with E-state index in [1.165, 1.54) is 24.3 Å². The molecule has 1 aliphatic heterocycles. The van der Waals surface area contributed by atoms with Gasteiger partial charge in [0.15, 0.2) is 18.1 Å². The van der Waals surface area contributed by atoms with Gasteiger partial charge >= 0.3 is 5.97 Å². The number of amides is 4. The van der Waals surface area contributed by atoms with Crippen LogP contribution in [0.5, 0.6) is 11.5 Å². The SMILES string of the molecule is CCCOC(=O)c1cc(NC(=O)CN2C(=O)S/C(=C/c3ccc(OCC(=O)Nc4cccc(Cl)c4)c(OCC)c3)C2=O)ccc1Cl. The summed E-state index contributed by atoms with van der Waals surface area (Å²) in [6.07, 6.45) is 2.13. The molecule has 0 aromatic heterocycles. The number of esters is 1. The van der Waals surface area contributed by atoms with Crippen molar-refractivity contribution in [2.24, 2.45) is 0 Å². The second-order valence-corrected chi connectivity index (χ2v) is 11.5. The molecular weight excluding hydrogens is 657 g/mol. The Hall–Kier alpha value is -4.52. The first-order valence-corrected chi connectivity index (χ1v) is 15.6. The lowest BCUT2D eigenvalue weighted by molar-refractivity contribution is -0.127. The molecule has 3 aromatic rings. The maximum Gasteiger partial charge on any atom is 0.339 e. The van der Waals surface area contributed by atoms with Gasteiger partial charge in [-0.2, -0.15) is 0 Å². The van der Waals surface area contributed by atoms with Gasteiger partial charge in [0, 0.05) is 16.4 Å². The molecule has 14 heteroatoms. The van der Waals surface area contributed by atoms with Gasteiger partial charge in [0.25, 0.3) is 17.1 Å². The molecule has 0 radical (unpaired) electrons. The first kappa shape index (κ1) is 34.4. The number of imide groups is 1. The summed E-state index contributed by atoms with van der Waals surface area (Å²) < 4.78 is 16.5. The number of carbonyl (C=O) groups excluding carboxylic acids is 5. The first-order chi connectivity index (χ1) is 22.1.